The van der Waals surface area contributed by atoms with Gasteiger partial charge in [0.2, 0.25) is 0 Å². The van der Waals surface area contributed by atoms with Crippen LogP contribution in [0.3, 0.4) is 0 Å². The van der Waals surface area contributed by atoms with Gasteiger partial charge in [0.25, 0.3) is 11.8 Å². The van der Waals surface area contributed by atoms with Crippen molar-refractivity contribution in [3.05, 3.63) is 59.7 Å². The lowest BCUT2D eigenvalue weighted by Gasteiger charge is -2.23. The molecule has 0 aromatic heterocycles. The van der Waals surface area contributed by atoms with Crippen molar-refractivity contribution in [1.82, 2.24) is 5.32 Å². The molecule has 2 amide bonds. The number of hydrogen-bond acceptors (Lipinski definition) is 6. The van der Waals surface area contributed by atoms with Crippen molar-refractivity contribution in [1.29, 1.82) is 5.26 Å². The summed E-state index contributed by atoms with van der Waals surface area (Å²) in [6, 6.07) is 14.1. The maximum Gasteiger partial charge on any atom is 0.329 e. The molecule has 0 saturated carbocycles. The first-order valence-electron chi connectivity index (χ1n) is 10.3. The van der Waals surface area contributed by atoms with Crippen LogP contribution in [-0.4, -0.2) is 36.5 Å². The summed E-state index contributed by atoms with van der Waals surface area (Å²) in [4.78, 5) is 37.9. The van der Waals surface area contributed by atoms with Gasteiger partial charge in [-0.15, -0.1) is 0 Å². The Morgan fingerprint density at radius 1 is 1.06 bits per heavy atom. The average Bonchev–Trinajstić information content (AvgIpc) is 2.77. The molecular formula is C24H27N3O5. The summed E-state index contributed by atoms with van der Waals surface area (Å²) in [5.74, 6) is -1.63. The largest absolute Gasteiger partial charge is 0.493 e. The van der Waals surface area contributed by atoms with E-state index in [2.05, 4.69) is 10.6 Å². The molecule has 168 valence electrons. The Labute approximate surface area is 187 Å². The zero-order valence-corrected chi connectivity index (χ0v) is 18.5. The van der Waals surface area contributed by atoms with E-state index in [1.165, 1.54) is 13.0 Å². The molecule has 32 heavy (non-hydrogen) atoms. The van der Waals surface area contributed by atoms with Gasteiger partial charge in [0, 0.05) is 5.69 Å². The molecule has 2 aromatic carbocycles. The van der Waals surface area contributed by atoms with Crippen LogP contribution in [0.15, 0.2) is 48.5 Å². The zero-order valence-electron chi connectivity index (χ0n) is 18.5. The summed E-state index contributed by atoms with van der Waals surface area (Å²) in [5, 5.41) is 14.3. The first-order valence-corrected chi connectivity index (χ1v) is 10.3. The first kappa shape index (κ1) is 24.4. The highest BCUT2D eigenvalue weighted by molar-refractivity contribution is 6.00. The van der Waals surface area contributed by atoms with Gasteiger partial charge >= 0.3 is 5.97 Å². The van der Waals surface area contributed by atoms with Gasteiger partial charge in [0.05, 0.1) is 23.8 Å². The molecule has 0 unspecified atom stereocenters. The van der Waals surface area contributed by atoms with Gasteiger partial charge in [-0.25, -0.2) is 4.79 Å². The minimum Gasteiger partial charge on any atom is -0.493 e. The number of para-hydroxylation sites is 1. The summed E-state index contributed by atoms with van der Waals surface area (Å²) in [6.07, 6.45) is -1.11. The molecule has 0 heterocycles. The number of hydrogen-bond donors (Lipinski definition) is 2. The number of benzene rings is 2. The van der Waals surface area contributed by atoms with Crippen LogP contribution in [0.5, 0.6) is 5.75 Å². The smallest absolute Gasteiger partial charge is 0.329 e. The van der Waals surface area contributed by atoms with Gasteiger partial charge in [0.1, 0.15) is 11.8 Å². The quantitative estimate of drug-likeness (QED) is 0.582. The number of carbonyl (C=O) groups excluding carboxylic acids is 3. The molecular weight excluding hydrogens is 410 g/mol. The minimum absolute atomic E-state index is 0.284. The monoisotopic (exact) mass is 437 g/mol. The molecule has 0 bridgehead atoms. The van der Waals surface area contributed by atoms with E-state index >= 15 is 0 Å². The molecule has 2 rings (SSSR count). The predicted octanol–water partition coefficient (Wildman–Crippen LogP) is 3.28. The van der Waals surface area contributed by atoms with Gasteiger partial charge in [0.15, 0.2) is 6.10 Å². The summed E-state index contributed by atoms with van der Waals surface area (Å²) in [5.41, 5.74) is 1.11. The first-order chi connectivity index (χ1) is 15.3. The highest BCUT2D eigenvalue weighted by Crippen LogP contribution is 2.19. The van der Waals surface area contributed by atoms with Gasteiger partial charge in [-0.3, -0.25) is 9.59 Å². The van der Waals surface area contributed by atoms with E-state index in [1.54, 1.807) is 56.3 Å². The number of nitrogens with one attached hydrogen (secondary N) is 2. The van der Waals surface area contributed by atoms with Crippen molar-refractivity contribution < 1.29 is 23.9 Å². The van der Waals surface area contributed by atoms with E-state index in [1.807, 2.05) is 13.0 Å². The number of nitrogens with zero attached hydrogens (tertiary/aromatic N) is 1. The van der Waals surface area contributed by atoms with Crippen LogP contribution in [0.2, 0.25) is 0 Å². The molecule has 0 radical (unpaired) electrons. The Morgan fingerprint density at radius 3 is 2.44 bits per heavy atom. The molecule has 0 fully saturated rings. The summed E-state index contributed by atoms with van der Waals surface area (Å²) < 4.78 is 10.8. The number of esters is 1. The molecule has 0 aliphatic heterocycles. The van der Waals surface area contributed by atoms with Gasteiger partial charge < -0.3 is 20.1 Å². The van der Waals surface area contributed by atoms with Crippen LogP contribution >= 0.6 is 0 Å². The van der Waals surface area contributed by atoms with Crippen LogP contribution in [0.4, 0.5) is 5.69 Å². The van der Waals surface area contributed by atoms with E-state index < -0.39 is 29.9 Å². The normalized spacial score (nSPS) is 12.2. The van der Waals surface area contributed by atoms with Gasteiger partial charge in [-0.1, -0.05) is 32.0 Å². The molecule has 0 aliphatic carbocycles. The second kappa shape index (κ2) is 11.5. The lowest BCUT2D eigenvalue weighted by atomic mass is 10.0. The molecule has 2 aromatic rings. The van der Waals surface area contributed by atoms with E-state index in [-0.39, 0.29) is 5.92 Å². The van der Waals surface area contributed by atoms with E-state index in [0.717, 1.165) is 0 Å². The van der Waals surface area contributed by atoms with Crippen molar-refractivity contribution in [2.24, 2.45) is 5.92 Å². The second-order valence-electron chi connectivity index (χ2n) is 7.39. The Balaban J connectivity index is 2.05. The summed E-state index contributed by atoms with van der Waals surface area (Å²) >= 11 is 0. The van der Waals surface area contributed by atoms with Crippen molar-refractivity contribution in [2.75, 3.05) is 11.9 Å². The lowest BCUT2D eigenvalue weighted by Crippen LogP contribution is -2.47. The number of nitriles is 1. The molecule has 8 heteroatoms. The maximum absolute atomic E-state index is 12.8. The fraction of sp³-hybridized carbons (Fsp3) is 0.333. The third-order valence-corrected chi connectivity index (χ3v) is 4.56. The molecule has 2 atom stereocenters. The van der Waals surface area contributed by atoms with Crippen molar-refractivity contribution in [2.45, 2.75) is 39.8 Å². The topological polar surface area (TPSA) is 118 Å². The standard InChI is InChI=1S/C24H27N3O5/c1-5-31-20-12-7-6-11-19(20)23(29)27-21(15(2)3)24(30)32-16(4)22(28)26-18-10-8-9-17(13-18)14-25/h6-13,15-16,21H,5H2,1-4H3,(H,26,28)(H,27,29)/t16-,21+/m1/s1. The van der Waals surface area contributed by atoms with Crippen molar-refractivity contribution in [3.63, 3.8) is 0 Å². The average molecular weight is 437 g/mol. The molecule has 2 N–H and O–H groups in total. The highest BCUT2D eigenvalue weighted by atomic mass is 16.5. The van der Waals surface area contributed by atoms with Crippen molar-refractivity contribution in [3.8, 4) is 11.8 Å². The summed E-state index contributed by atoms with van der Waals surface area (Å²) in [7, 11) is 0. The Kier molecular flexibility index (Phi) is 8.78. The van der Waals surface area contributed by atoms with Crippen LogP contribution in [0, 0.1) is 17.2 Å². The second-order valence-corrected chi connectivity index (χ2v) is 7.39. The third-order valence-electron chi connectivity index (χ3n) is 4.56. The fourth-order valence-corrected chi connectivity index (χ4v) is 2.86. The van der Waals surface area contributed by atoms with Gasteiger partial charge in [-0.05, 0) is 50.1 Å². The van der Waals surface area contributed by atoms with E-state index in [9.17, 15) is 14.4 Å². The number of carbonyl (C=O) groups is 3. The maximum atomic E-state index is 12.8. The number of anilines is 1. The van der Waals surface area contributed by atoms with Crippen LogP contribution < -0.4 is 15.4 Å². The fourth-order valence-electron chi connectivity index (χ4n) is 2.86. The molecule has 0 saturated heterocycles. The number of ether oxygens (including phenoxy) is 2. The zero-order chi connectivity index (χ0) is 23.7. The van der Waals surface area contributed by atoms with E-state index in [4.69, 9.17) is 14.7 Å². The Bertz CT molecular complexity index is 1010. The number of rotatable bonds is 9. The van der Waals surface area contributed by atoms with E-state index in [0.29, 0.717) is 29.2 Å². The summed E-state index contributed by atoms with van der Waals surface area (Å²) in [6.45, 7) is 7.17. The third kappa shape index (κ3) is 6.57. The predicted molar refractivity (Wildman–Crippen MR) is 119 cm³/mol. The molecule has 0 aliphatic rings. The SMILES string of the molecule is CCOc1ccccc1C(=O)N[C@H](C(=O)O[C@H](C)C(=O)Nc1cccc(C#N)c1)C(C)C. The van der Waals surface area contributed by atoms with Gasteiger partial charge in [-0.2, -0.15) is 5.26 Å². The van der Waals surface area contributed by atoms with Crippen LogP contribution in [0.1, 0.15) is 43.6 Å². The number of amides is 2. The lowest BCUT2D eigenvalue weighted by molar-refractivity contribution is -0.156. The van der Waals surface area contributed by atoms with Crippen LogP contribution in [0.25, 0.3) is 0 Å². The van der Waals surface area contributed by atoms with Crippen molar-refractivity contribution >= 4 is 23.5 Å². The van der Waals surface area contributed by atoms with Crippen LogP contribution in [-0.2, 0) is 14.3 Å². The highest BCUT2D eigenvalue weighted by Gasteiger charge is 2.30. The minimum atomic E-state index is -1.11. The Morgan fingerprint density at radius 2 is 1.78 bits per heavy atom. The Hall–Kier alpha value is -3.86. The molecule has 0 spiro atoms. The molecule has 8 nitrogen and oxygen atoms in total.